The van der Waals surface area contributed by atoms with E-state index in [2.05, 4.69) is 15.2 Å². The summed E-state index contributed by atoms with van der Waals surface area (Å²) in [6.45, 7) is 6.16. The zero-order chi connectivity index (χ0) is 20.9. The van der Waals surface area contributed by atoms with Gasteiger partial charge < -0.3 is 14.8 Å². The number of thiazole rings is 1. The summed E-state index contributed by atoms with van der Waals surface area (Å²) >= 11 is 1.50. The SMILES string of the molecule is CCOc1ccccc1OC1CCN(C(C)C(=O)Nc2nc3ccccc3s2)CC1. The van der Waals surface area contributed by atoms with Crippen molar-refractivity contribution in [2.24, 2.45) is 0 Å². The molecule has 1 aliphatic heterocycles. The molecule has 1 unspecified atom stereocenters. The van der Waals surface area contributed by atoms with Gasteiger partial charge in [-0.25, -0.2) is 4.98 Å². The van der Waals surface area contributed by atoms with Gasteiger partial charge in [-0.05, 0) is 51.0 Å². The smallest absolute Gasteiger partial charge is 0.243 e. The number of ether oxygens (including phenoxy) is 2. The van der Waals surface area contributed by atoms with Crippen LogP contribution in [0.4, 0.5) is 5.13 Å². The molecule has 0 aliphatic carbocycles. The van der Waals surface area contributed by atoms with Gasteiger partial charge in [0.05, 0.1) is 22.9 Å². The molecule has 0 radical (unpaired) electrons. The molecule has 30 heavy (non-hydrogen) atoms. The fourth-order valence-electron chi connectivity index (χ4n) is 3.68. The first-order valence-electron chi connectivity index (χ1n) is 10.4. The van der Waals surface area contributed by atoms with Crippen molar-refractivity contribution in [2.75, 3.05) is 25.0 Å². The number of amides is 1. The van der Waals surface area contributed by atoms with Crippen LogP contribution in [0, 0.1) is 0 Å². The van der Waals surface area contributed by atoms with E-state index < -0.39 is 0 Å². The fraction of sp³-hybridized carbons (Fsp3) is 0.391. The molecule has 158 valence electrons. The molecule has 1 saturated heterocycles. The molecule has 1 amide bonds. The molecule has 1 fully saturated rings. The number of likely N-dealkylation sites (tertiary alicyclic amines) is 1. The molecular formula is C23H27N3O3S. The van der Waals surface area contributed by atoms with E-state index in [1.54, 1.807) is 0 Å². The Kier molecular flexibility index (Phi) is 6.50. The maximum absolute atomic E-state index is 12.7. The number of para-hydroxylation sites is 3. The minimum absolute atomic E-state index is 0.0184. The van der Waals surface area contributed by atoms with Crippen LogP contribution in [-0.4, -0.2) is 47.6 Å². The van der Waals surface area contributed by atoms with E-state index in [0.717, 1.165) is 47.6 Å². The highest BCUT2D eigenvalue weighted by Crippen LogP contribution is 2.30. The average Bonchev–Trinajstić information content (AvgIpc) is 3.17. The predicted octanol–water partition coefficient (Wildman–Crippen LogP) is 4.57. The molecule has 0 spiro atoms. The number of hydrogen-bond donors (Lipinski definition) is 1. The Labute approximate surface area is 180 Å². The van der Waals surface area contributed by atoms with Crippen molar-refractivity contribution in [1.82, 2.24) is 9.88 Å². The molecule has 4 rings (SSSR count). The van der Waals surface area contributed by atoms with Crippen molar-refractivity contribution in [2.45, 2.75) is 38.8 Å². The van der Waals surface area contributed by atoms with Crippen LogP contribution < -0.4 is 14.8 Å². The summed E-state index contributed by atoms with van der Waals surface area (Å²) in [7, 11) is 0. The van der Waals surface area contributed by atoms with Crippen molar-refractivity contribution in [1.29, 1.82) is 0 Å². The van der Waals surface area contributed by atoms with Crippen LogP contribution in [0.25, 0.3) is 10.2 Å². The third kappa shape index (κ3) is 4.74. The number of fused-ring (bicyclic) bond motifs is 1. The molecule has 6 nitrogen and oxygen atoms in total. The van der Waals surface area contributed by atoms with E-state index in [0.29, 0.717) is 11.7 Å². The van der Waals surface area contributed by atoms with Crippen LogP contribution >= 0.6 is 11.3 Å². The minimum Gasteiger partial charge on any atom is -0.490 e. The third-order valence-electron chi connectivity index (χ3n) is 5.37. The Bertz CT molecular complexity index is 965. The Hall–Kier alpha value is -2.64. The molecule has 1 N–H and O–H groups in total. The Morgan fingerprint density at radius 1 is 1.17 bits per heavy atom. The number of benzene rings is 2. The van der Waals surface area contributed by atoms with Crippen LogP contribution in [0.3, 0.4) is 0 Å². The first kappa shape index (κ1) is 20.6. The molecule has 1 aromatic heterocycles. The summed E-state index contributed by atoms with van der Waals surface area (Å²) in [6.07, 6.45) is 1.88. The Morgan fingerprint density at radius 2 is 1.87 bits per heavy atom. The summed E-state index contributed by atoms with van der Waals surface area (Å²) in [5.41, 5.74) is 0.913. The van der Waals surface area contributed by atoms with Gasteiger partial charge in [0, 0.05) is 13.1 Å². The molecule has 2 heterocycles. The number of aromatic nitrogens is 1. The van der Waals surface area contributed by atoms with Crippen LogP contribution in [0.15, 0.2) is 48.5 Å². The van der Waals surface area contributed by atoms with Gasteiger partial charge in [-0.15, -0.1) is 0 Å². The van der Waals surface area contributed by atoms with E-state index >= 15 is 0 Å². The van der Waals surface area contributed by atoms with Crippen molar-refractivity contribution >= 4 is 32.6 Å². The molecule has 2 aromatic carbocycles. The number of anilines is 1. The normalized spacial score (nSPS) is 16.3. The number of nitrogens with zero attached hydrogens (tertiary/aromatic N) is 2. The molecule has 3 aromatic rings. The van der Waals surface area contributed by atoms with Gasteiger partial charge in [0.2, 0.25) is 5.91 Å². The van der Waals surface area contributed by atoms with Crippen molar-refractivity contribution in [3.05, 3.63) is 48.5 Å². The summed E-state index contributed by atoms with van der Waals surface area (Å²) in [6, 6.07) is 15.5. The van der Waals surface area contributed by atoms with Crippen LogP contribution in [0.2, 0.25) is 0 Å². The number of carbonyl (C=O) groups is 1. The lowest BCUT2D eigenvalue weighted by Crippen LogP contribution is -2.47. The quantitative estimate of drug-likeness (QED) is 0.601. The second kappa shape index (κ2) is 9.45. The van der Waals surface area contributed by atoms with Crippen molar-refractivity contribution in [3.8, 4) is 11.5 Å². The third-order valence-corrected chi connectivity index (χ3v) is 6.32. The van der Waals surface area contributed by atoms with Crippen molar-refractivity contribution < 1.29 is 14.3 Å². The summed E-state index contributed by atoms with van der Waals surface area (Å²) < 4.78 is 12.9. The predicted molar refractivity (Wildman–Crippen MR) is 121 cm³/mol. The first-order chi connectivity index (χ1) is 14.6. The van der Waals surface area contributed by atoms with Crippen LogP contribution in [-0.2, 0) is 4.79 Å². The summed E-state index contributed by atoms with van der Waals surface area (Å²) in [4.78, 5) is 19.4. The lowest BCUT2D eigenvalue weighted by atomic mass is 10.1. The van der Waals surface area contributed by atoms with E-state index in [1.165, 1.54) is 11.3 Å². The van der Waals surface area contributed by atoms with Gasteiger partial charge in [0.1, 0.15) is 6.10 Å². The summed E-state index contributed by atoms with van der Waals surface area (Å²) in [5.74, 6) is 1.56. The summed E-state index contributed by atoms with van der Waals surface area (Å²) in [5, 5.41) is 3.63. The zero-order valence-electron chi connectivity index (χ0n) is 17.3. The molecule has 1 atom stereocenters. The number of nitrogens with one attached hydrogen (secondary N) is 1. The average molecular weight is 426 g/mol. The van der Waals surface area contributed by atoms with Crippen LogP contribution in [0.5, 0.6) is 11.5 Å². The number of piperidine rings is 1. The highest BCUT2D eigenvalue weighted by molar-refractivity contribution is 7.22. The second-order valence-corrected chi connectivity index (χ2v) is 8.42. The lowest BCUT2D eigenvalue weighted by molar-refractivity contribution is -0.121. The van der Waals surface area contributed by atoms with Gasteiger partial charge in [0.15, 0.2) is 16.6 Å². The van der Waals surface area contributed by atoms with Crippen molar-refractivity contribution in [3.63, 3.8) is 0 Å². The largest absolute Gasteiger partial charge is 0.490 e. The van der Waals surface area contributed by atoms with E-state index in [-0.39, 0.29) is 18.1 Å². The monoisotopic (exact) mass is 425 g/mol. The zero-order valence-corrected chi connectivity index (χ0v) is 18.2. The van der Waals surface area contributed by atoms with E-state index in [1.807, 2.05) is 62.4 Å². The second-order valence-electron chi connectivity index (χ2n) is 7.38. The highest BCUT2D eigenvalue weighted by Gasteiger charge is 2.28. The number of hydrogen-bond acceptors (Lipinski definition) is 6. The molecule has 7 heteroatoms. The van der Waals surface area contributed by atoms with Gasteiger partial charge in [-0.2, -0.15) is 0 Å². The lowest BCUT2D eigenvalue weighted by Gasteiger charge is -2.35. The Balaban J connectivity index is 1.30. The first-order valence-corrected chi connectivity index (χ1v) is 11.2. The maximum atomic E-state index is 12.7. The van der Waals surface area contributed by atoms with E-state index in [4.69, 9.17) is 9.47 Å². The Morgan fingerprint density at radius 3 is 2.60 bits per heavy atom. The topological polar surface area (TPSA) is 63.7 Å². The maximum Gasteiger partial charge on any atom is 0.243 e. The van der Waals surface area contributed by atoms with Crippen LogP contribution in [0.1, 0.15) is 26.7 Å². The molecule has 0 saturated carbocycles. The number of rotatable bonds is 7. The van der Waals surface area contributed by atoms with Gasteiger partial charge in [0.25, 0.3) is 0 Å². The highest BCUT2D eigenvalue weighted by atomic mass is 32.1. The van der Waals surface area contributed by atoms with E-state index in [9.17, 15) is 4.79 Å². The van der Waals surface area contributed by atoms with Gasteiger partial charge in [-0.1, -0.05) is 35.6 Å². The molecule has 1 aliphatic rings. The minimum atomic E-state index is -0.214. The standard InChI is InChI=1S/C23H27N3O3S/c1-3-28-19-9-5-6-10-20(19)29-17-12-14-26(15-13-17)16(2)22(27)25-23-24-18-8-4-7-11-21(18)30-23/h4-11,16-17H,3,12-15H2,1-2H3,(H,24,25,27). The molecular weight excluding hydrogens is 398 g/mol. The van der Waals surface area contributed by atoms with Gasteiger partial charge >= 0.3 is 0 Å². The molecule has 0 bridgehead atoms. The fourth-order valence-corrected chi connectivity index (χ4v) is 4.55. The van der Waals surface area contributed by atoms with Gasteiger partial charge in [-0.3, -0.25) is 9.69 Å². The number of carbonyl (C=O) groups excluding carboxylic acids is 1.